The highest BCUT2D eigenvalue weighted by atomic mass is 16.2. The summed E-state index contributed by atoms with van der Waals surface area (Å²) in [6.45, 7) is 4.19. The number of nitrogens with one attached hydrogen (secondary N) is 1. The van der Waals surface area contributed by atoms with Gasteiger partial charge in [0.05, 0.1) is 22.5 Å². The third-order valence-electron chi connectivity index (χ3n) is 4.69. The van der Waals surface area contributed by atoms with Gasteiger partial charge in [-0.1, -0.05) is 24.3 Å². The number of carbonyl (C=O) groups is 3. The van der Waals surface area contributed by atoms with Gasteiger partial charge in [0, 0.05) is 12.1 Å². The van der Waals surface area contributed by atoms with Crippen molar-refractivity contribution in [2.75, 3.05) is 23.3 Å². The molecule has 2 aromatic rings. The first-order valence-corrected chi connectivity index (χ1v) is 8.50. The minimum absolute atomic E-state index is 0.267. The lowest BCUT2D eigenvalue weighted by atomic mass is 9.99. The molecule has 6 heteroatoms. The summed E-state index contributed by atoms with van der Waals surface area (Å²) in [5.74, 6) is -1.11. The van der Waals surface area contributed by atoms with E-state index in [9.17, 15) is 14.4 Å². The Kier molecular flexibility index (Phi) is 3.57. The second-order valence-electron chi connectivity index (χ2n) is 7.25. The SMILES string of the molecule is CC1(C)CN(C(=O)CN2C(=O)c3ccccc3C2=O)c2ccccc2N1. The van der Waals surface area contributed by atoms with Crippen LogP contribution in [0.5, 0.6) is 0 Å². The maximum absolute atomic E-state index is 13.0. The maximum Gasteiger partial charge on any atom is 0.262 e. The molecule has 0 radical (unpaired) electrons. The maximum atomic E-state index is 13.0. The topological polar surface area (TPSA) is 69.7 Å². The molecule has 4 rings (SSSR count). The van der Waals surface area contributed by atoms with Gasteiger partial charge in [-0.15, -0.1) is 0 Å². The average molecular weight is 349 g/mol. The van der Waals surface area contributed by atoms with Crippen LogP contribution in [0.1, 0.15) is 34.6 Å². The van der Waals surface area contributed by atoms with Crippen molar-refractivity contribution in [1.29, 1.82) is 0 Å². The van der Waals surface area contributed by atoms with Gasteiger partial charge in [-0.25, -0.2) is 0 Å². The highest BCUT2D eigenvalue weighted by Crippen LogP contribution is 2.34. The van der Waals surface area contributed by atoms with Crippen LogP contribution in [0, 0.1) is 0 Å². The molecule has 2 aliphatic rings. The fraction of sp³-hybridized carbons (Fsp3) is 0.250. The molecule has 1 N–H and O–H groups in total. The van der Waals surface area contributed by atoms with E-state index in [1.54, 1.807) is 29.2 Å². The molecule has 0 fully saturated rings. The number of imide groups is 1. The lowest BCUT2D eigenvalue weighted by Gasteiger charge is -2.41. The van der Waals surface area contributed by atoms with Crippen LogP contribution < -0.4 is 10.2 Å². The van der Waals surface area contributed by atoms with E-state index in [-0.39, 0.29) is 18.0 Å². The minimum Gasteiger partial charge on any atom is -0.377 e. The second-order valence-corrected chi connectivity index (χ2v) is 7.25. The lowest BCUT2D eigenvalue weighted by Crippen LogP contribution is -2.53. The molecule has 0 atom stereocenters. The number of amides is 3. The number of carbonyl (C=O) groups excluding carboxylic acids is 3. The van der Waals surface area contributed by atoms with E-state index in [0.29, 0.717) is 17.7 Å². The van der Waals surface area contributed by atoms with E-state index >= 15 is 0 Å². The number of fused-ring (bicyclic) bond motifs is 2. The van der Waals surface area contributed by atoms with Crippen molar-refractivity contribution in [3.63, 3.8) is 0 Å². The highest BCUT2D eigenvalue weighted by Gasteiger charge is 2.39. The number of para-hydroxylation sites is 2. The molecule has 0 aliphatic carbocycles. The molecule has 0 saturated heterocycles. The van der Waals surface area contributed by atoms with Crippen molar-refractivity contribution < 1.29 is 14.4 Å². The molecule has 0 saturated carbocycles. The molecule has 0 unspecified atom stereocenters. The van der Waals surface area contributed by atoms with Crippen molar-refractivity contribution in [1.82, 2.24) is 4.90 Å². The van der Waals surface area contributed by atoms with Crippen LogP contribution in [0.25, 0.3) is 0 Å². The average Bonchev–Trinajstić information content (AvgIpc) is 2.85. The first-order chi connectivity index (χ1) is 12.4. The Hall–Kier alpha value is -3.15. The quantitative estimate of drug-likeness (QED) is 0.846. The Balaban J connectivity index is 1.62. The van der Waals surface area contributed by atoms with Gasteiger partial charge in [-0.2, -0.15) is 0 Å². The van der Waals surface area contributed by atoms with Crippen molar-refractivity contribution in [2.24, 2.45) is 0 Å². The predicted molar refractivity (Wildman–Crippen MR) is 98.3 cm³/mol. The van der Waals surface area contributed by atoms with Gasteiger partial charge in [0.1, 0.15) is 6.54 Å². The largest absolute Gasteiger partial charge is 0.377 e. The Labute approximate surface area is 151 Å². The van der Waals surface area contributed by atoms with E-state index in [0.717, 1.165) is 16.3 Å². The summed E-state index contributed by atoms with van der Waals surface area (Å²) < 4.78 is 0. The zero-order chi connectivity index (χ0) is 18.5. The lowest BCUT2D eigenvalue weighted by molar-refractivity contribution is -0.119. The normalized spacial score (nSPS) is 17.6. The molecule has 0 bridgehead atoms. The van der Waals surface area contributed by atoms with Crippen LogP contribution in [-0.2, 0) is 4.79 Å². The molecule has 3 amide bonds. The Morgan fingerprint density at radius 1 is 1.00 bits per heavy atom. The van der Waals surface area contributed by atoms with E-state index in [4.69, 9.17) is 0 Å². The van der Waals surface area contributed by atoms with Crippen molar-refractivity contribution in [3.05, 3.63) is 59.7 Å². The summed E-state index contributed by atoms with van der Waals surface area (Å²) in [5, 5.41) is 3.41. The Morgan fingerprint density at radius 2 is 1.58 bits per heavy atom. The van der Waals surface area contributed by atoms with Gasteiger partial charge in [-0.3, -0.25) is 19.3 Å². The van der Waals surface area contributed by atoms with Crippen LogP contribution in [0.3, 0.4) is 0 Å². The zero-order valence-corrected chi connectivity index (χ0v) is 14.7. The van der Waals surface area contributed by atoms with Crippen LogP contribution in [0.4, 0.5) is 11.4 Å². The molecule has 0 aromatic heterocycles. The van der Waals surface area contributed by atoms with Crippen molar-refractivity contribution >= 4 is 29.1 Å². The summed E-state index contributed by atoms with van der Waals surface area (Å²) in [4.78, 5) is 40.7. The minimum atomic E-state index is -0.415. The zero-order valence-electron chi connectivity index (χ0n) is 14.7. The van der Waals surface area contributed by atoms with Gasteiger partial charge < -0.3 is 10.2 Å². The van der Waals surface area contributed by atoms with E-state index in [1.165, 1.54) is 0 Å². The fourth-order valence-electron chi connectivity index (χ4n) is 3.53. The third-order valence-corrected chi connectivity index (χ3v) is 4.69. The van der Waals surface area contributed by atoms with Gasteiger partial charge >= 0.3 is 0 Å². The standard InChI is InChI=1S/C20H19N3O3/c1-20(2)12-23(16-10-6-5-9-15(16)21-20)17(24)11-22-18(25)13-7-3-4-8-14(13)19(22)26/h3-10,21H,11-12H2,1-2H3. The van der Waals surface area contributed by atoms with Crippen molar-refractivity contribution in [2.45, 2.75) is 19.4 Å². The van der Waals surface area contributed by atoms with Crippen molar-refractivity contribution in [3.8, 4) is 0 Å². The Bertz CT molecular complexity index is 900. The molecule has 26 heavy (non-hydrogen) atoms. The number of rotatable bonds is 2. The molecular formula is C20H19N3O3. The summed E-state index contributed by atoms with van der Waals surface area (Å²) in [6, 6.07) is 14.2. The summed E-state index contributed by atoms with van der Waals surface area (Å²) in [5.41, 5.74) is 2.01. The molecule has 2 aliphatic heterocycles. The second kappa shape index (κ2) is 5.69. The first kappa shape index (κ1) is 16.3. The van der Waals surface area contributed by atoms with Gasteiger partial charge in [0.25, 0.3) is 11.8 Å². The summed E-state index contributed by atoms with van der Waals surface area (Å²) >= 11 is 0. The van der Waals surface area contributed by atoms with E-state index in [1.807, 2.05) is 38.1 Å². The van der Waals surface area contributed by atoms with E-state index < -0.39 is 11.8 Å². The van der Waals surface area contributed by atoms with Crippen LogP contribution in [-0.4, -0.2) is 41.2 Å². The molecule has 132 valence electrons. The molecule has 0 spiro atoms. The molecule has 2 heterocycles. The first-order valence-electron chi connectivity index (χ1n) is 8.50. The molecular weight excluding hydrogens is 330 g/mol. The van der Waals surface area contributed by atoms with Gasteiger partial charge in [0.15, 0.2) is 0 Å². The van der Waals surface area contributed by atoms with E-state index in [2.05, 4.69) is 5.32 Å². The number of anilines is 2. The number of hydrogen-bond donors (Lipinski definition) is 1. The van der Waals surface area contributed by atoms with Crippen LogP contribution >= 0.6 is 0 Å². The third kappa shape index (κ3) is 2.54. The summed E-state index contributed by atoms with van der Waals surface area (Å²) in [7, 11) is 0. The monoisotopic (exact) mass is 349 g/mol. The Morgan fingerprint density at radius 3 is 2.23 bits per heavy atom. The fourth-order valence-corrected chi connectivity index (χ4v) is 3.53. The molecule has 2 aromatic carbocycles. The van der Waals surface area contributed by atoms with Crippen LogP contribution in [0.2, 0.25) is 0 Å². The summed E-state index contributed by atoms with van der Waals surface area (Å²) in [6.07, 6.45) is 0. The predicted octanol–water partition coefficient (Wildman–Crippen LogP) is 2.52. The molecule has 6 nitrogen and oxygen atoms in total. The smallest absolute Gasteiger partial charge is 0.262 e. The highest BCUT2D eigenvalue weighted by molar-refractivity contribution is 6.22. The van der Waals surface area contributed by atoms with Gasteiger partial charge in [0.2, 0.25) is 5.91 Å². The van der Waals surface area contributed by atoms with Gasteiger partial charge in [-0.05, 0) is 38.1 Å². The number of benzene rings is 2. The number of nitrogens with zero attached hydrogens (tertiary/aromatic N) is 2. The number of hydrogen-bond acceptors (Lipinski definition) is 4. The van der Waals surface area contributed by atoms with Crippen LogP contribution in [0.15, 0.2) is 48.5 Å².